The Kier molecular flexibility index (Phi) is 6.67. The number of amides is 1. The van der Waals surface area contributed by atoms with Crippen molar-refractivity contribution in [1.29, 1.82) is 0 Å². The lowest BCUT2D eigenvalue weighted by atomic mass is 10.2. The van der Waals surface area contributed by atoms with Crippen LogP contribution in [0.25, 0.3) is 0 Å². The first-order valence-corrected chi connectivity index (χ1v) is 8.16. The molecule has 0 radical (unpaired) electrons. The van der Waals surface area contributed by atoms with Gasteiger partial charge in [0.2, 0.25) is 10.0 Å². The van der Waals surface area contributed by atoms with Gasteiger partial charge in [-0.15, -0.1) is 0 Å². The SMILES string of the molecule is COCCN(CC(=O)O)C(=O)c1ccc(S(=O)(=O)N(C)C)cc1. The zero-order valence-corrected chi connectivity index (χ0v) is 14.0. The normalized spacial score (nSPS) is 11.5. The van der Waals surface area contributed by atoms with Gasteiger partial charge >= 0.3 is 5.97 Å². The molecule has 0 aliphatic heterocycles. The molecule has 0 aliphatic carbocycles. The van der Waals surface area contributed by atoms with Crippen molar-refractivity contribution in [2.24, 2.45) is 0 Å². The Balaban J connectivity index is 3.00. The number of ether oxygens (including phenoxy) is 1. The average molecular weight is 344 g/mol. The first kappa shape index (κ1) is 19.1. The molecule has 1 rings (SSSR count). The van der Waals surface area contributed by atoms with Crippen molar-refractivity contribution in [2.75, 3.05) is 40.9 Å². The molecule has 0 aliphatic rings. The number of carboxylic acid groups (broad SMARTS) is 1. The Morgan fingerprint density at radius 3 is 2.17 bits per heavy atom. The number of carbonyl (C=O) groups excluding carboxylic acids is 1. The van der Waals surface area contributed by atoms with Crippen LogP contribution >= 0.6 is 0 Å². The van der Waals surface area contributed by atoms with Crippen molar-refractivity contribution in [2.45, 2.75) is 4.90 Å². The zero-order chi connectivity index (χ0) is 17.6. The van der Waals surface area contributed by atoms with E-state index in [9.17, 15) is 18.0 Å². The highest BCUT2D eigenvalue weighted by atomic mass is 32.2. The Bertz CT molecular complexity index is 654. The molecule has 0 aromatic heterocycles. The lowest BCUT2D eigenvalue weighted by Gasteiger charge is -2.20. The number of nitrogens with zero attached hydrogens (tertiary/aromatic N) is 2. The molecule has 0 bridgehead atoms. The topological polar surface area (TPSA) is 104 Å². The number of benzene rings is 1. The smallest absolute Gasteiger partial charge is 0.323 e. The molecule has 8 nitrogen and oxygen atoms in total. The Labute approximate surface area is 135 Å². The van der Waals surface area contributed by atoms with Crippen LogP contribution in [0, 0.1) is 0 Å². The van der Waals surface area contributed by atoms with Gasteiger partial charge in [0.25, 0.3) is 5.91 Å². The summed E-state index contributed by atoms with van der Waals surface area (Å²) in [4.78, 5) is 24.4. The lowest BCUT2D eigenvalue weighted by molar-refractivity contribution is -0.137. The van der Waals surface area contributed by atoms with Gasteiger partial charge in [-0.05, 0) is 24.3 Å². The second-order valence-corrected chi connectivity index (χ2v) is 7.08. The van der Waals surface area contributed by atoms with E-state index in [4.69, 9.17) is 9.84 Å². The Morgan fingerprint density at radius 2 is 1.74 bits per heavy atom. The number of hydrogen-bond acceptors (Lipinski definition) is 5. The standard InChI is InChI=1S/C14H20N2O6S/c1-15(2)23(20,21)12-6-4-11(5-7-12)14(19)16(8-9-22-3)10-13(17)18/h4-7H,8-10H2,1-3H3,(H,17,18). The van der Waals surface area contributed by atoms with Crippen LogP contribution in [0.3, 0.4) is 0 Å². The molecule has 0 saturated carbocycles. The molecule has 23 heavy (non-hydrogen) atoms. The van der Waals surface area contributed by atoms with E-state index in [0.29, 0.717) is 0 Å². The van der Waals surface area contributed by atoms with Gasteiger partial charge in [-0.2, -0.15) is 0 Å². The molecule has 128 valence electrons. The quantitative estimate of drug-likeness (QED) is 0.718. The maximum Gasteiger partial charge on any atom is 0.323 e. The minimum Gasteiger partial charge on any atom is -0.480 e. The first-order valence-electron chi connectivity index (χ1n) is 6.72. The van der Waals surface area contributed by atoms with Crippen LogP contribution in [0.15, 0.2) is 29.2 Å². The molecule has 0 spiro atoms. The number of sulfonamides is 1. The highest BCUT2D eigenvalue weighted by Gasteiger charge is 2.21. The van der Waals surface area contributed by atoms with Crippen LogP contribution < -0.4 is 0 Å². The Morgan fingerprint density at radius 1 is 1.17 bits per heavy atom. The molecule has 1 amide bonds. The van der Waals surface area contributed by atoms with E-state index < -0.39 is 28.4 Å². The fourth-order valence-corrected chi connectivity index (χ4v) is 2.68. The highest BCUT2D eigenvalue weighted by molar-refractivity contribution is 7.89. The van der Waals surface area contributed by atoms with Gasteiger partial charge in [-0.25, -0.2) is 12.7 Å². The summed E-state index contributed by atoms with van der Waals surface area (Å²) in [5, 5.41) is 8.87. The van der Waals surface area contributed by atoms with Gasteiger partial charge in [-0.3, -0.25) is 9.59 Å². The first-order chi connectivity index (χ1) is 10.7. The van der Waals surface area contributed by atoms with Crippen molar-refractivity contribution in [1.82, 2.24) is 9.21 Å². The van der Waals surface area contributed by atoms with E-state index in [1.165, 1.54) is 45.5 Å². The maximum absolute atomic E-state index is 12.3. The fraction of sp³-hybridized carbons (Fsp3) is 0.429. The molecule has 0 heterocycles. The largest absolute Gasteiger partial charge is 0.480 e. The van der Waals surface area contributed by atoms with Crippen LogP contribution in [0.1, 0.15) is 10.4 Å². The highest BCUT2D eigenvalue weighted by Crippen LogP contribution is 2.15. The van der Waals surface area contributed by atoms with Crippen molar-refractivity contribution in [3.8, 4) is 0 Å². The summed E-state index contributed by atoms with van der Waals surface area (Å²) in [5.41, 5.74) is 0.208. The van der Waals surface area contributed by atoms with Crippen molar-refractivity contribution < 1.29 is 27.9 Å². The summed E-state index contributed by atoms with van der Waals surface area (Å²) in [7, 11) is 0.691. The molecule has 1 aromatic carbocycles. The second kappa shape index (κ2) is 8.04. The number of carbonyl (C=O) groups is 2. The summed E-state index contributed by atoms with van der Waals surface area (Å²) in [6.07, 6.45) is 0. The predicted octanol–water partition coefficient (Wildman–Crippen LogP) is 0.110. The number of aliphatic carboxylic acids is 1. The molecule has 0 saturated heterocycles. The summed E-state index contributed by atoms with van der Waals surface area (Å²) >= 11 is 0. The maximum atomic E-state index is 12.3. The minimum atomic E-state index is -3.58. The molecule has 0 unspecified atom stereocenters. The summed E-state index contributed by atoms with van der Waals surface area (Å²) < 4.78 is 29.9. The zero-order valence-electron chi connectivity index (χ0n) is 13.2. The van der Waals surface area contributed by atoms with E-state index >= 15 is 0 Å². The minimum absolute atomic E-state index is 0.0562. The van der Waals surface area contributed by atoms with Gasteiger partial charge in [0.15, 0.2) is 0 Å². The van der Waals surface area contributed by atoms with E-state index in [2.05, 4.69) is 0 Å². The number of carboxylic acids is 1. The summed E-state index contributed by atoms with van der Waals surface area (Å²) in [6, 6.07) is 5.36. The van der Waals surface area contributed by atoms with E-state index in [-0.39, 0.29) is 23.6 Å². The van der Waals surface area contributed by atoms with Gasteiger partial charge in [0.1, 0.15) is 6.54 Å². The van der Waals surface area contributed by atoms with Crippen LogP contribution in [0.4, 0.5) is 0 Å². The van der Waals surface area contributed by atoms with Crippen molar-refractivity contribution in [3.05, 3.63) is 29.8 Å². The molecule has 0 fully saturated rings. The third-order valence-electron chi connectivity index (χ3n) is 3.06. The van der Waals surface area contributed by atoms with Gasteiger partial charge in [0.05, 0.1) is 11.5 Å². The van der Waals surface area contributed by atoms with E-state index in [0.717, 1.165) is 9.21 Å². The monoisotopic (exact) mass is 344 g/mol. The van der Waals surface area contributed by atoms with Gasteiger partial charge in [-0.1, -0.05) is 0 Å². The molecule has 1 aromatic rings. The van der Waals surface area contributed by atoms with Crippen LogP contribution in [0.2, 0.25) is 0 Å². The average Bonchev–Trinajstić information content (AvgIpc) is 2.50. The van der Waals surface area contributed by atoms with Gasteiger partial charge < -0.3 is 14.7 Å². The molecular formula is C14H20N2O6S. The second-order valence-electron chi connectivity index (χ2n) is 4.93. The summed E-state index contributed by atoms with van der Waals surface area (Å²) in [5.74, 6) is -1.64. The number of hydrogen-bond donors (Lipinski definition) is 1. The lowest BCUT2D eigenvalue weighted by Crippen LogP contribution is -2.38. The Hall–Kier alpha value is -1.97. The van der Waals surface area contributed by atoms with Crippen molar-refractivity contribution in [3.63, 3.8) is 0 Å². The number of methoxy groups -OCH3 is 1. The third-order valence-corrected chi connectivity index (χ3v) is 4.89. The summed E-state index contributed by atoms with van der Waals surface area (Å²) in [6.45, 7) is -0.133. The molecule has 0 atom stereocenters. The predicted molar refractivity (Wildman–Crippen MR) is 82.7 cm³/mol. The van der Waals surface area contributed by atoms with E-state index in [1.54, 1.807) is 0 Å². The molecule has 1 N–H and O–H groups in total. The van der Waals surface area contributed by atoms with Gasteiger partial charge in [0, 0.05) is 33.3 Å². The fourth-order valence-electron chi connectivity index (χ4n) is 1.78. The molecule has 9 heteroatoms. The molecular weight excluding hydrogens is 324 g/mol. The third kappa shape index (κ3) is 5.02. The van der Waals surface area contributed by atoms with Crippen LogP contribution in [0.5, 0.6) is 0 Å². The number of rotatable bonds is 8. The van der Waals surface area contributed by atoms with Crippen LogP contribution in [-0.2, 0) is 19.6 Å². The van der Waals surface area contributed by atoms with Crippen molar-refractivity contribution >= 4 is 21.9 Å². The van der Waals surface area contributed by atoms with Crippen LogP contribution in [-0.4, -0.2) is 75.5 Å². The van der Waals surface area contributed by atoms with E-state index in [1.807, 2.05) is 0 Å².